The molecular formula is C32H28F3N3OS. The van der Waals surface area contributed by atoms with Crippen LogP contribution in [-0.2, 0) is 19.3 Å². The lowest BCUT2D eigenvalue weighted by atomic mass is 9.94. The van der Waals surface area contributed by atoms with Crippen molar-refractivity contribution in [3.05, 3.63) is 101 Å². The number of halogens is 3. The Morgan fingerprint density at radius 2 is 1.70 bits per heavy atom. The van der Waals surface area contributed by atoms with Gasteiger partial charge in [-0.2, -0.15) is 0 Å². The van der Waals surface area contributed by atoms with E-state index < -0.39 is 6.36 Å². The number of hydrogen-bond acceptors (Lipinski definition) is 4. The highest BCUT2D eigenvalue weighted by molar-refractivity contribution is 7.80. The van der Waals surface area contributed by atoms with Gasteiger partial charge in [0.15, 0.2) is 0 Å². The summed E-state index contributed by atoms with van der Waals surface area (Å²) in [6.07, 6.45) is 1.53. The van der Waals surface area contributed by atoms with Crippen LogP contribution in [0.15, 0.2) is 84.1 Å². The van der Waals surface area contributed by atoms with Crippen LogP contribution >= 0.6 is 12.2 Å². The van der Waals surface area contributed by atoms with Crippen molar-refractivity contribution in [1.82, 2.24) is 9.55 Å². The maximum Gasteiger partial charge on any atom is 0.573 e. The molecule has 8 heteroatoms. The highest BCUT2D eigenvalue weighted by Gasteiger charge is 2.31. The Morgan fingerprint density at radius 3 is 2.38 bits per heavy atom. The lowest BCUT2D eigenvalue weighted by Gasteiger charge is -2.13. The molecule has 204 valence electrons. The van der Waals surface area contributed by atoms with Crippen LogP contribution in [-0.4, -0.2) is 33.5 Å². The van der Waals surface area contributed by atoms with E-state index in [1.54, 1.807) is 18.5 Å². The second kappa shape index (κ2) is 11.6. The molecule has 0 aliphatic carbocycles. The first-order chi connectivity index (χ1) is 19.3. The first-order valence-corrected chi connectivity index (χ1v) is 13.5. The quantitative estimate of drug-likeness (QED) is 0.135. The molecule has 0 N–H and O–H groups in total. The predicted molar refractivity (Wildman–Crippen MR) is 159 cm³/mol. The van der Waals surface area contributed by atoms with E-state index in [-0.39, 0.29) is 5.75 Å². The first-order valence-electron chi connectivity index (χ1n) is 13.1. The molecule has 1 aromatic heterocycles. The average molecular weight is 560 g/mol. The van der Waals surface area contributed by atoms with Crippen LogP contribution in [0.1, 0.15) is 36.1 Å². The minimum Gasteiger partial charge on any atom is -0.406 e. The van der Waals surface area contributed by atoms with Crippen molar-refractivity contribution in [3.8, 4) is 11.4 Å². The molecule has 0 atom stereocenters. The highest BCUT2D eigenvalue weighted by atomic mass is 32.1. The van der Waals surface area contributed by atoms with Crippen LogP contribution in [0, 0.1) is 0 Å². The first kappa shape index (κ1) is 27.5. The number of benzene rings is 4. The molecule has 0 saturated carbocycles. The van der Waals surface area contributed by atoms with Crippen LogP contribution < -0.4 is 4.74 Å². The molecule has 5 aromatic rings. The van der Waals surface area contributed by atoms with E-state index in [9.17, 15) is 13.2 Å². The summed E-state index contributed by atoms with van der Waals surface area (Å²) in [5, 5.41) is 1.99. The molecule has 0 saturated heterocycles. The summed E-state index contributed by atoms with van der Waals surface area (Å²) in [5.41, 5.74) is 7.35. The standard InChI is InChI=1S/C32H28F3N3OS/c1-3-22-6-5-7-23(4-2)29(22)17-27(40)19-36-18-21-8-14-28-24(16-21)9-15-30-31(28)37-20-38(30)25-10-12-26(13-11-25)39-32(33,34)35/h5-16,18,20H,3-4,17,19H2,1-2H3. The zero-order valence-corrected chi connectivity index (χ0v) is 23.0. The topological polar surface area (TPSA) is 39.4 Å². The molecule has 0 aliphatic heterocycles. The summed E-state index contributed by atoms with van der Waals surface area (Å²) >= 11 is 5.69. The number of aliphatic imine (C=N–C) groups is 1. The molecule has 40 heavy (non-hydrogen) atoms. The Kier molecular flexibility index (Phi) is 7.98. The SMILES string of the molecule is CCc1cccc(CC)c1CC(=S)CN=Cc1ccc2c(ccc3c2ncn3-c2ccc(OC(F)(F)F)cc2)c1. The summed E-state index contributed by atoms with van der Waals surface area (Å²) in [6, 6.07) is 22.2. The van der Waals surface area contributed by atoms with E-state index in [0.717, 1.165) is 51.5 Å². The average Bonchev–Trinajstić information content (AvgIpc) is 3.37. The minimum atomic E-state index is -4.73. The maximum atomic E-state index is 12.5. The highest BCUT2D eigenvalue weighted by Crippen LogP contribution is 2.29. The Morgan fingerprint density at radius 1 is 0.975 bits per heavy atom. The monoisotopic (exact) mass is 559 g/mol. The smallest absolute Gasteiger partial charge is 0.406 e. The number of alkyl halides is 3. The van der Waals surface area contributed by atoms with Crippen molar-refractivity contribution in [2.45, 2.75) is 39.5 Å². The Labute approximate surface area is 236 Å². The second-order valence-electron chi connectivity index (χ2n) is 9.52. The summed E-state index contributed by atoms with van der Waals surface area (Å²) < 4.78 is 43.3. The molecule has 0 amide bonds. The summed E-state index contributed by atoms with van der Waals surface area (Å²) in [7, 11) is 0. The van der Waals surface area contributed by atoms with Gasteiger partial charge < -0.3 is 4.74 Å². The number of hydrogen-bond donors (Lipinski definition) is 0. The Balaban J connectivity index is 1.31. The minimum absolute atomic E-state index is 0.266. The van der Waals surface area contributed by atoms with Gasteiger partial charge >= 0.3 is 6.36 Å². The fraction of sp³-hybridized carbons (Fsp3) is 0.219. The van der Waals surface area contributed by atoms with Gasteiger partial charge in [-0.05, 0) is 76.9 Å². The summed E-state index contributed by atoms with van der Waals surface area (Å²) in [5.74, 6) is -0.266. The lowest BCUT2D eigenvalue weighted by Crippen LogP contribution is -2.17. The van der Waals surface area contributed by atoms with E-state index in [1.807, 2.05) is 35.0 Å². The number of ether oxygens (including phenoxy) is 1. The maximum absolute atomic E-state index is 12.5. The van der Waals surface area contributed by atoms with Gasteiger partial charge in [0.25, 0.3) is 0 Å². The molecule has 1 heterocycles. The number of nitrogens with zero attached hydrogens (tertiary/aromatic N) is 3. The van der Waals surface area contributed by atoms with E-state index >= 15 is 0 Å². The van der Waals surface area contributed by atoms with Crippen molar-refractivity contribution in [2.75, 3.05) is 6.54 Å². The van der Waals surface area contributed by atoms with Crippen molar-refractivity contribution < 1.29 is 17.9 Å². The number of aryl methyl sites for hydroxylation is 2. The molecule has 0 radical (unpaired) electrons. The van der Waals surface area contributed by atoms with Crippen LogP contribution in [0.2, 0.25) is 0 Å². The fourth-order valence-corrected chi connectivity index (χ4v) is 5.22. The molecule has 4 nitrogen and oxygen atoms in total. The van der Waals surface area contributed by atoms with Crippen LogP contribution in [0.25, 0.3) is 27.5 Å². The lowest BCUT2D eigenvalue weighted by molar-refractivity contribution is -0.274. The third-order valence-electron chi connectivity index (χ3n) is 6.92. The van der Waals surface area contributed by atoms with E-state index in [0.29, 0.717) is 12.2 Å². The normalized spacial score (nSPS) is 12.0. The number of fused-ring (bicyclic) bond motifs is 3. The zero-order chi connectivity index (χ0) is 28.3. The molecule has 0 spiro atoms. The van der Waals surface area contributed by atoms with Gasteiger partial charge in [0.1, 0.15) is 12.1 Å². The van der Waals surface area contributed by atoms with Crippen molar-refractivity contribution >= 4 is 45.1 Å². The second-order valence-corrected chi connectivity index (χ2v) is 10.1. The predicted octanol–water partition coefficient (Wildman–Crippen LogP) is 8.23. The third kappa shape index (κ3) is 6.07. The fourth-order valence-electron chi connectivity index (χ4n) is 5.01. The molecule has 0 aliphatic rings. The van der Waals surface area contributed by atoms with Gasteiger partial charge in [0.05, 0.1) is 17.6 Å². The van der Waals surface area contributed by atoms with E-state index in [4.69, 9.17) is 12.2 Å². The van der Waals surface area contributed by atoms with Gasteiger partial charge in [-0.15, -0.1) is 13.2 Å². The van der Waals surface area contributed by atoms with E-state index in [1.165, 1.54) is 28.8 Å². The molecule has 0 unspecified atom stereocenters. The summed E-state index contributed by atoms with van der Waals surface area (Å²) in [4.78, 5) is 10.1. The molecular weight excluding hydrogens is 531 g/mol. The van der Waals surface area contributed by atoms with Gasteiger partial charge in [-0.1, -0.05) is 62.5 Å². The van der Waals surface area contributed by atoms with Crippen molar-refractivity contribution in [1.29, 1.82) is 0 Å². The Hall–Kier alpha value is -4.04. The van der Waals surface area contributed by atoms with Crippen LogP contribution in [0.3, 0.4) is 0 Å². The number of thiocarbonyl (C=S) groups is 1. The van der Waals surface area contributed by atoms with Crippen molar-refractivity contribution in [2.24, 2.45) is 4.99 Å². The zero-order valence-electron chi connectivity index (χ0n) is 22.2. The molecule has 0 bridgehead atoms. The van der Waals surface area contributed by atoms with E-state index in [2.05, 4.69) is 52.8 Å². The largest absolute Gasteiger partial charge is 0.573 e. The van der Waals surface area contributed by atoms with Crippen LogP contribution in [0.4, 0.5) is 13.2 Å². The van der Waals surface area contributed by atoms with Crippen molar-refractivity contribution in [3.63, 3.8) is 0 Å². The number of aromatic nitrogens is 2. The van der Waals surface area contributed by atoms with Gasteiger partial charge in [0, 0.05) is 28.6 Å². The van der Waals surface area contributed by atoms with Crippen LogP contribution in [0.5, 0.6) is 5.75 Å². The third-order valence-corrected chi connectivity index (χ3v) is 7.19. The number of rotatable bonds is 9. The van der Waals surface area contributed by atoms with Gasteiger partial charge in [-0.3, -0.25) is 9.56 Å². The molecule has 4 aromatic carbocycles. The molecule has 5 rings (SSSR count). The summed E-state index contributed by atoms with van der Waals surface area (Å²) in [6.45, 7) is 4.84. The van der Waals surface area contributed by atoms with Gasteiger partial charge in [-0.25, -0.2) is 4.98 Å². The molecule has 0 fully saturated rings. The Bertz CT molecular complexity index is 1680. The number of imidazole rings is 1. The van der Waals surface area contributed by atoms with Gasteiger partial charge in [0.2, 0.25) is 0 Å².